The van der Waals surface area contributed by atoms with E-state index in [1.54, 1.807) is 23.8 Å². The molecule has 2 aliphatic rings. The monoisotopic (exact) mass is 400 g/mol. The number of thiocarbonyl (C=S) groups is 1. The Bertz CT molecular complexity index is 928. The minimum atomic E-state index is -0.0630. The maximum Gasteiger partial charge on any atom is 0.273 e. The van der Waals surface area contributed by atoms with Crippen LogP contribution in [0.3, 0.4) is 0 Å². The Balaban J connectivity index is 1.75. The van der Waals surface area contributed by atoms with Crippen LogP contribution in [-0.4, -0.2) is 23.9 Å². The Morgan fingerprint density at radius 3 is 2.58 bits per heavy atom. The molecule has 2 aromatic rings. The van der Waals surface area contributed by atoms with Crippen LogP contribution >= 0.6 is 35.7 Å². The smallest absolute Gasteiger partial charge is 0.273 e. The maximum atomic E-state index is 13.1. The summed E-state index contributed by atoms with van der Waals surface area (Å²) < 4.78 is 5.92. The third kappa shape index (κ3) is 2.80. The van der Waals surface area contributed by atoms with E-state index in [4.69, 9.17) is 17.0 Å². The fourth-order valence-corrected chi connectivity index (χ4v) is 5.62. The van der Waals surface area contributed by atoms with Crippen LogP contribution < -0.4 is 14.5 Å². The number of hydrogen-bond acceptors (Lipinski definition) is 6. The van der Waals surface area contributed by atoms with Crippen molar-refractivity contribution >= 4 is 57.3 Å². The first kappa shape index (κ1) is 17.5. The van der Waals surface area contributed by atoms with Gasteiger partial charge in [0.05, 0.1) is 18.5 Å². The molecule has 0 N–H and O–H groups in total. The summed E-state index contributed by atoms with van der Waals surface area (Å²) in [6.45, 7) is 2.84. The van der Waals surface area contributed by atoms with E-state index in [1.807, 2.05) is 48.5 Å². The van der Waals surface area contributed by atoms with Gasteiger partial charge in [0.2, 0.25) is 0 Å². The summed E-state index contributed by atoms with van der Waals surface area (Å²) in [5.41, 5.74) is 1.87. The number of carbonyl (C=O) groups is 1. The number of methoxy groups -OCH3 is 1. The molecule has 0 atom stereocenters. The van der Waals surface area contributed by atoms with Crippen LogP contribution in [-0.2, 0) is 4.79 Å². The topological polar surface area (TPSA) is 32.8 Å². The molecule has 0 bridgehead atoms. The average Bonchev–Trinajstić information content (AvgIpc) is 3.18. The summed E-state index contributed by atoms with van der Waals surface area (Å²) in [4.78, 5) is 18.7. The summed E-state index contributed by atoms with van der Waals surface area (Å²) >= 11 is 8.48. The standard InChI is InChI=1S/C19H16N2O2S3/c1-3-20-14-11-13(23-2)9-10-15(14)25-18(20)16-17(22)21(19(24)26-16)12-7-5-4-6-8-12/h4-11H,3H2,1-2H3. The van der Waals surface area contributed by atoms with Gasteiger partial charge in [0.1, 0.15) is 15.7 Å². The lowest BCUT2D eigenvalue weighted by Gasteiger charge is -2.19. The van der Waals surface area contributed by atoms with Crippen molar-refractivity contribution in [3.63, 3.8) is 0 Å². The Hall–Kier alpha value is -1.96. The zero-order valence-corrected chi connectivity index (χ0v) is 16.7. The minimum absolute atomic E-state index is 0.0630. The van der Waals surface area contributed by atoms with Gasteiger partial charge in [-0.2, -0.15) is 0 Å². The second-order valence-corrected chi connectivity index (χ2v) is 8.33. The number of nitrogens with zero attached hydrogens (tertiary/aromatic N) is 2. The number of hydrogen-bond donors (Lipinski definition) is 0. The number of benzene rings is 2. The first-order chi connectivity index (χ1) is 12.6. The Labute approximate surface area is 166 Å². The Morgan fingerprint density at radius 2 is 1.88 bits per heavy atom. The molecule has 4 nitrogen and oxygen atoms in total. The van der Waals surface area contributed by atoms with Gasteiger partial charge in [0.15, 0.2) is 4.32 Å². The van der Waals surface area contributed by atoms with Crippen LogP contribution in [0.15, 0.2) is 63.4 Å². The molecule has 0 aromatic heterocycles. The van der Waals surface area contributed by atoms with Gasteiger partial charge >= 0.3 is 0 Å². The molecule has 26 heavy (non-hydrogen) atoms. The molecule has 4 rings (SSSR count). The van der Waals surface area contributed by atoms with Crippen LogP contribution in [0.2, 0.25) is 0 Å². The lowest BCUT2D eigenvalue weighted by Crippen LogP contribution is -2.28. The molecule has 2 heterocycles. The molecule has 1 fully saturated rings. The molecule has 2 aromatic carbocycles. The lowest BCUT2D eigenvalue weighted by atomic mass is 10.2. The van der Waals surface area contributed by atoms with Gasteiger partial charge in [-0.15, -0.1) is 0 Å². The number of anilines is 2. The number of para-hydroxylation sites is 1. The highest BCUT2D eigenvalue weighted by atomic mass is 32.2. The van der Waals surface area contributed by atoms with Crippen LogP contribution in [0.4, 0.5) is 11.4 Å². The highest BCUT2D eigenvalue weighted by molar-refractivity contribution is 8.27. The molecular weight excluding hydrogens is 384 g/mol. The largest absolute Gasteiger partial charge is 0.497 e. The Kier molecular flexibility index (Phi) is 4.69. The summed E-state index contributed by atoms with van der Waals surface area (Å²) in [7, 11) is 1.66. The highest BCUT2D eigenvalue weighted by Gasteiger charge is 2.39. The number of thioether (sulfide) groups is 2. The highest BCUT2D eigenvalue weighted by Crippen LogP contribution is 2.51. The van der Waals surface area contributed by atoms with Crippen molar-refractivity contribution in [2.45, 2.75) is 11.8 Å². The normalized spacial score (nSPS) is 19.3. The fourth-order valence-electron chi connectivity index (χ4n) is 2.97. The summed E-state index contributed by atoms with van der Waals surface area (Å²) in [5, 5.41) is 0.937. The molecule has 0 saturated carbocycles. The van der Waals surface area contributed by atoms with Gasteiger partial charge in [-0.1, -0.05) is 53.9 Å². The molecule has 7 heteroatoms. The van der Waals surface area contributed by atoms with Gasteiger partial charge in [0, 0.05) is 17.5 Å². The van der Waals surface area contributed by atoms with E-state index >= 15 is 0 Å². The fraction of sp³-hybridized carbons (Fsp3) is 0.158. The van der Waals surface area contributed by atoms with Crippen LogP contribution in [0.25, 0.3) is 0 Å². The van der Waals surface area contributed by atoms with Crippen molar-refractivity contribution in [2.75, 3.05) is 23.5 Å². The van der Waals surface area contributed by atoms with E-state index in [0.717, 1.165) is 33.6 Å². The molecule has 132 valence electrons. The number of carbonyl (C=O) groups excluding carboxylic acids is 1. The molecule has 1 amide bonds. The van der Waals surface area contributed by atoms with E-state index < -0.39 is 0 Å². The van der Waals surface area contributed by atoms with Gasteiger partial charge in [-0.05, 0) is 31.2 Å². The first-order valence-corrected chi connectivity index (χ1v) is 10.2. The molecule has 0 radical (unpaired) electrons. The van der Waals surface area contributed by atoms with Gasteiger partial charge in [-0.25, -0.2) is 0 Å². The van der Waals surface area contributed by atoms with Crippen molar-refractivity contribution < 1.29 is 9.53 Å². The summed E-state index contributed by atoms with van der Waals surface area (Å²) in [6, 6.07) is 15.5. The minimum Gasteiger partial charge on any atom is -0.497 e. The van der Waals surface area contributed by atoms with E-state index in [9.17, 15) is 4.79 Å². The van der Waals surface area contributed by atoms with E-state index in [1.165, 1.54) is 11.8 Å². The Morgan fingerprint density at radius 1 is 1.12 bits per heavy atom. The third-order valence-corrected chi connectivity index (χ3v) is 6.88. The first-order valence-electron chi connectivity index (χ1n) is 8.13. The third-order valence-electron chi connectivity index (χ3n) is 4.20. The van der Waals surface area contributed by atoms with E-state index in [2.05, 4.69) is 11.8 Å². The number of ether oxygens (including phenoxy) is 1. The predicted molar refractivity (Wildman–Crippen MR) is 113 cm³/mol. The van der Waals surface area contributed by atoms with Gasteiger partial charge in [0.25, 0.3) is 5.91 Å². The quantitative estimate of drug-likeness (QED) is 0.540. The lowest BCUT2D eigenvalue weighted by molar-refractivity contribution is -0.113. The zero-order chi connectivity index (χ0) is 18.3. The van der Waals surface area contributed by atoms with Crippen LogP contribution in [0.5, 0.6) is 5.75 Å². The second kappa shape index (κ2) is 6.98. The SMILES string of the molecule is CCN1C(=C2SC(=S)N(c3ccccc3)C2=O)Sc2ccc(OC)cc21. The number of fused-ring (bicyclic) bond motifs is 1. The second-order valence-electron chi connectivity index (χ2n) is 5.66. The predicted octanol–water partition coefficient (Wildman–Crippen LogP) is 4.86. The van der Waals surface area contributed by atoms with Crippen molar-refractivity contribution in [2.24, 2.45) is 0 Å². The van der Waals surface area contributed by atoms with Crippen molar-refractivity contribution in [3.05, 3.63) is 58.5 Å². The molecule has 2 aliphatic heterocycles. The molecule has 1 saturated heterocycles. The summed E-state index contributed by atoms with van der Waals surface area (Å²) in [5.74, 6) is 0.743. The van der Waals surface area contributed by atoms with Crippen LogP contribution in [0, 0.1) is 0 Å². The summed E-state index contributed by atoms with van der Waals surface area (Å²) in [6.07, 6.45) is 0. The zero-order valence-electron chi connectivity index (χ0n) is 14.3. The number of rotatable bonds is 3. The molecular formula is C19H16N2O2S3. The van der Waals surface area contributed by atoms with Crippen LogP contribution in [0.1, 0.15) is 6.92 Å². The molecule has 0 spiro atoms. The van der Waals surface area contributed by atoms with Crippen molar-refractivity contribution in [3.8, 4) is 5.75 Å². The van der Waals surface area contributed by atoms with Gasteiger partial charge in [-0.3, -0.25) is 9.69 Å². The van der Waals surface area contributed by atoms with E-state index in [0.29, 0.717) is 9.23 Å². The van der Waals surface area contributed by atoms with Crippen molar-refractivity contribution in [1.29, 1.82) is 0 Å². The molecule has 0 unspecified atom stereocenters. The van der Waals surface area contributed by atoms with Gasteiger partial charge < -0.3 is 9.64 Å². The van der Waals surface area contributed by atoms with E-state index in [-0.39, 0.29) is 5.91 Å². The molecule has 0 aliphatic carbocycles. The van der Waals surface area contributed by atoms with Crippen molar-refractivity contribution in [1.82, 2.24) is 0 Å². The number of amides is 1. The average molecular weight is 401 g/mol. The maximum absolute atomic E-state index is 13.1.